The molecule has 2 fully saturated rings. The van der Waals surface area contributed by atoms with Gasteiger partial charge in [0.05, 0.1) is 24.8 Å². The molecule has 4 nitrogen and oxygen atoms in total. The number of carbonyl (C=O) groups excluding carboxylic acids is 1. The lowest BCUT2D eigenvalue weighted by Gasteiger charge is -2.42. The molecule has 0 radical (unpaired) electrons. The van der Waals surface area contributed by atoms with Gasteiger partial charge in [0.2, 0.25) is 5.91 Å². The summed E-state index contributed by atoms with van der Waals surface area (Å²) in [5.41, 5.74) is -0.760. The quantitative estimate of drug-likeness (QED) is 0.716. The van der Waals surface area contributed by atoms with E-state index >= 15 is 0 Å². The zero-order valence-electron chi connectivity index (χ0n) is 11.3. The van der Waals surface area contributed by atoms with Crippen LogP contribution in [0.4, 0.5) is 0 Å². The molecular formula is C14H22N2O2. The summed E-state index contributed by atoms with van der Waals surface area (Å²) >= 11 is 0. The van der Waals surface area contributed by atoms with Gasteiger partial charge in [-0.05, 0) is 26.7 Å². The minimum absolute atomic E-state index is 0.0346. The maximum Gasteiger partial charge on any atom is 0.243 e. The zero-order valence-corrected chi connectivity index (χ0v) is 11.3. The molecule has 2 atom stereocenters. The third kappa shape index (κ3) is 2.37. The predicted octanol–water partition coefficient (Wildman–Crippen LogP) is 2.10. The van der Waals surface area contributed by atoms with Crippen LogP contribution in [-0.2, 0) is 9.53 Å². The van der Waals surface area contributed by atoms with Crippen LogP contribution in [0.1, 0.15) is 46.0 Å². The van der Waals surface area contributed by atoms with Crippen LogP contribution in [-0.4, -0.2) is 36.1 Å². The van der Waals surface area contributed by atoms with Crippen molar-refractivity contribution in [1.82, 2.24) is 4.90 Å². The standard InChI is InChI=1S/C14H22N2O2/c1-11-9-18-12(2)8-16(11)13(17)14(10-15)6-4-3-5-7-14/h11-12H,3-9H2,1-2H3. The molecular weight excluding hydrogens is 228 g/mol. The molecule has 4 heteroatoms. The summed E-state index contributed by atoms with van der Waals surface area (Å²) in [4.78, 5) is 14.6. The fraction of sp³-hybridized carbons (Fsp3) is 0.857. The molecule has 1 aliphatic heterocycles. The maximum absolute atomic E-state index is 12.7. The maximum atomic E-state index is 12.7. The van der Waals surface area contributed by atoms with Gasteiger partial charge in [0, 0.05) is 6.54 Å². The number of hydrogen-bond donors (Lipinski definition) is 0. The fourth-order valence-electron chi connectivity index (χ4n) is 2.99. The number of carbonyl (C=O) groups is 1. The summed E-state index contributed by atoms with van der Waals surface area (Å²) in [6.07, 6.45) is 4.65. The van der Waals surface area contributed by atoms with Gasteiger partial charge >= 0.3 is 0 Å². The van der Waals surface area contributed by atoms with Gasteiger partial charge in [-0.3, -0.25) is 4.79 Å². The van der Waals surface area contributed by atoms with Crippen LogP contribution in [0.5, 0.6) is 0 Å². The van der Waals surface area contributed by atoms with Crippen molar-refractivity contribution in [3.8, 4) is 6.07 Å². The molecule has 0 bridgehead atoms. The second-order valence-electron chi connectivity index (χ2n) is 5.71. The van der Waals surface area contributed by atoms with Gasteiger partial charge < -0.3 is 9.64 Å². The first-order valence-corrected chi connectivity index (χ1v) is 6.93. The largest absolute Gasteiger partial charge is 0.375 e. The van der Waals surface area contributed by atoms with Crippen molar-refractivity contribution in [3.63, 3.8) is 0 Å². The monoisotopic (exact) mass is 250 g/mol. The van der Waals surface area contributed by atoms with Crippen molar-refractivity contribution in [2.75, 3.05) is 13.2 Å². The molecule has 1 amide bonds. The molecule has 0 aromatic heterocycles. The van der Waals surface area contributed by atoms with Crippen molar-refractivity contribution >= 4 is 5.91 Å². The van der Waals surface area contributed by atoms with Gasteiger partial charge in [0.25, 0.3) is 0 Å². The lowest BCUT2D eigenvalue weighted by molar-refractivity contribution is -0.152. The molecule has 2 unspecified atom stereocenters. The Balaban J connectivity index is 2.15. The SMILES string of the molecule is CC1CN(C(=O)C2(C#N)CCCCC2)C(C)CO1. The number of nitrogens with zero attached hydrogens (tertiary/aromatic N) is 2. The van der Waals surface area contributed by atoms with E-state index in [9.17, 15) is 10.1 Å². The van der Waals surface area contributed by atoms with Crippen molar-refractivity contribution in [2.45, 2.75) is 58.1 Å². The van der Waals surface area contributed by atoms with E-state index < -0.39 is 5.41 Å². The average Bonchev–Trinajstić information content (AvgIpc) is 2.41. The topological polar surface area (TPSA) is 53.3 Å². The highest BCUT2D eigenvalue weighted by Gasteiger charge is 2.44. The Hall–Kier alpha value is -1.08. The third-order valence-corrected chi connectivity index (χ3v) is 4.20. The van der Waals surface area contributed by atoms with E-state index in [4.69, 9.17) is 4.74 Å². The van der Waals surface area contributed by atoms with Crippen LogP contribution >= 0.6 is 0 Å². The van der Waals surface area contributed by atoms with Crippen LogP contribution in [0.15, 0.2) is 0 Å². The molecule has 1 saturated carbocycles. The lowest BCUT2D eigenvalue weighted by atomic mass is 9.74. The van der Waals surface area contributed by atoms with E-state index in [-0.39, 0.29) is 18.1 Å². The molecule has 0 N–H and O–H groups in total. The number of nitriles is 1. The lowest BCUT2D eigenvalue weighted by Crippen LogP contribution is -2.55. The van der Waals surface area contributed by atoms with Gasteiger partial charge in [-0.1, -0.05) is 19.3 Å². The van der Waals surface area contributed by atoms with E-state index in [0.717, 1.165) is 32.1 Å². The summed E-state index contributed by atoms with van der Waals surface area (Å²) in [5, 5.41) is 9.47. The van der Waals surface area contributed by atoms with Crippen molar-refractivity contribution < 1.29 is 9.53 Å². The van der Waals surface area contributed by atoms with Gasteiger partial charge in [0.15, 0.2) is 0 Å². The normalized spacial score (nSPS) is 31.7. The first kappa shape index (κ1) is 13.4. The second kappa shape index (κ2) is 5.27. The Bertz CT molecular complexity index is 355. The summed E-state index contributed by atoms with van der Waals surface area (Å²) < 4.78 is 5.55. The molecule has 1 saturated heterocycles. The second-order valence-corrected chi connectivity index (χ2v) is 5.71. The Labute approximate surface area is 109 Å². The van der Waals surface area contributed by atoms with Crippen LogP contribution in [0.2, 0.25) is 0 Å². The van der Waals surface area contributed by atoms with Gasteiger partial charge in [-0.15, -0.1) is 0 Å². The molecule has 0 aromatic rings. The number of hydrogen-bond acceptors (Lipinski definition) is 3. The fourth-order valence-corrected chi connectivity index (χ4v) is 2.99. The highest BCUT2D eigenvalue weighted by Crippen LogP contribution is 2.38. The molecule has 0 aromatic carbocycles. The molecule has 18 heavy (non-hydrogen) atoms. The molecule has 100 valence electrons. The first-order chi connectivity index (χ1) is 8.59. The average molecular weight is 250 g/mol. The van der Waals surface area contributed by atoms with Gasteiger partial charge in [-0.2, -0.15) is 5.26 Å². The van der Waals surface area contributed by atoms with Gasteiger partial charge in [0.1, 0.15) is 5.41 Å². The Morgan fingerprint density at radius 3 is 2.61 bits per heavy atom. The van der Waals surface area contributed by atoms with Crippen molar-refractivity contribution in [2.24, 2.45) is 5.41 Å². The number of ether oxygens (including phenoxy) is 1. The summed E-state index contributed by atoms with van der Waals surface area (Å²) in [6.45, 7) is 5.17. The van der Waals surface area contributed by atoms with E-state index in [0.29, 0.717) is 13.2 Å². The number of amides is 1. The Morgan fingerprint density at radius 1 is 1.33 bits per heavy atom. The van der Waals surface area contributed by atoms with E-state index in [2.05, 4.69) is 6.07 Å². The molecule has 2 aliphatic rings. The molecule has 1 aliphatic carbocycles. The predicted molar refractivity (Wildman–Crippen MR) is 67.7 cm³/mol. The highest BCUT2D eigenvalue weighted by atomic mass is 16.5. The van der Waals surface area contributed by atoms with Crippen molar-refractivity contribution in [1.29, 1.82) is 5.26 Å². The van der Waals surface area contributed by atoms with E-state index in [1.807, 2.05) is 18.7 Å². The smallest absolute Gasteiger partial charge is 0.243 e. The zero-order chi connectivity index (χ0) is 13.2. The summed E-state index contributed by atoms with van der Waals surface area (Å²) in [7, 11) is 0. The van der Waals surface area contributed by atoms with Gasteiger partial charge in [-0.25, -0.2) is 0 Å². The number of morpholine rings is 1. The van der Waals surface area contributed by atoms with E-state index in [1.54, 1.807) is 0 Å². The van der Waals surface area contributed by atoms with E-state index in [1.165, 1.54) is 0 Å². The van der Waals surface area contributed by atoms with Crippen LogP contribution < -0.4 is 0 Å². The summed E-state index contributed by atoms with van der Waals surface area (Å²) in [6, 6.07) is 2.40. The first-order valence-electron chi connectivity index (χ1n) is 6.93. The molecule has 0 spiro atoms. The Kier molecular flexibility index (Phi) is 3.91. The minimum atomic E-state index is -0.760. The Morgan fingerprint density at radius 2 is 2.00 bits per heavy atom. The van der Waals surface area contributed by atoms with Crippen LogP contribution in [0.3, 0.4) is 0 Å². The van der Waals surface area contributed by atoms with Crippen LogP contribution in [0.25, 0.3) is 0 Å². The minimum Gasteiger partial charge on any atom is -0.375 e. The third-order valence-electron chi connectivity index (χ3n) is 4.20. The molecule has 2 rings (SSSR count). The summed E-state index contributed by atoms with van der Waals surface area (Å²) in [5.74, 6) is 0.0346. The van der Waals surface area contributed by atoms with Crippen molar-refractivity contribution in [3.05, 3.63) is 0 Å². The molecule has 1 heterocycles. The van der Waals surface area contributed by atoms with Crippen LogP contribution in [0, 0.1) is 16.7 Å². The number of rotatable bonds is 1. The highest BCUT2D eigenvalue weighted by molar-refractivity contribution is 5.86.